The third-order valence-electron chi connectivity index (χ3n) is 7.46. The molecule has 39 heavy (non-hydrogen) atoms. The van der Waals surface area contributed by atoms with Crippen molar-refractivity contribution in [3.63, 3.8) is 0 Å². The Morgan fingerprint density at radius 3 is 2.10 bits per heavy atom. The Balaban J connectivity index is 1.07. The number of benzene rings is 3. The molecule has 0 bridgehead atoms. The van der Waals surface area contributed by atoms with Crippen molar-refractivity contribution in [2.24, 2.45) is 0 Å². The number of halogens is 3. The van der Waals surface area contributed by atoms with Gasteiger partial charge < -0.3 is 19.9 Å². The monoisotopic (exact) mass is 553 g/mol. The molecule has 2 heterocycles. The Morgan fingerprint density at radius 2 is 1.46 bits per heavy atom. The van der Waals surface area contributed by atoms with Gasteiger partial charge in [0.05, 0.1) is 5.02 Å². The number of rotatable bonds is 6. The maximum Gasteiger partial charge on any atom is 0.253 e. The molecule has 9 heteroatoms. The molecule has 2 fully saturated rings. The smallest absolute Gasteiger partial charge is 0.253 e. The van der Waals surface area contributed by atoms with Gasteiger partial charge >= 0.3 is 0 Å². The molecule has 0 unspecified atom stereocenters. The van der Waals surface area contributed by atoms with Crippen LogP contribution in [0, 0.1) is 11.6 Å². The van der Waals surface area contributed by atoms with Gasteiger partial charge in [-0.15, -0.1) is 0 Å². The lowest BCUT2D eigenvalue weighted by molar-refractivity contribution is 0.0566. The molecule has 1 N–H and O–H groups in total. The second-order valence-electron chi connectivity index (χ2n) is 10.0. The van der Waals surface area contributed by atoms with Crippen molar-refractivity contribution in [1.29, 1.82) is 0 Å². The molecule has 2 aliphatic rings. The number of likely N-dealkylation sites (tertiary alicyclic amines) is 2. The number of hydrogen-bond donors (Lipinski definition) is 1. The highest BCUT2D eigenvalue weighted by molar-refractivity contribution is 6.31. The van der Waals surface area contributed by atoms with E-state index in [0.717, 1.165) is 56.7 Å². The first-order chi connectivity index (χ1) is 18.9. The van der Waals surface area contributed by atoms with Crippen LogP contribution in [0.2, 0.25) is 5.02 Å². The van der Waals surface area contributed by atoms with Gasteiger partial charge in [-0.05, 0) is 74.2 Å². The number of ether oxygens (including phenoxy) is 1. The standard InChI is InChI=1S/C30H30ClF2N3O3/c31-26-18-21(19-27(32)28(26)33)29(37)34-22-10-14-35(15-11-22)23-12-16-36(17-13-23)30(38)20-6-8-25(9-7-20)39-24-4-2-1-3-5-24/h1-9,18-19,22-23H,10-17H2,(H,34,37). The van der Waals surface area contributed by atoms with E-state index in [4.69, 9.17) is 16.3 Å². The average molecular weight is 554 g/mol. The fraction of sp³-hybridized carbons (Fsp3) is 0.333. The van der Waals surface area contributed by atoms with Crippen molar-refractivity contribution in [2.45, 2.75) is 37.8 Å². The van der Waals surface area contributed by atoms with Gasteiger partial charge in [-0.1, -0.05) is 29.8 Å². The van der Waals surface area contributed by atoms with Gasteiger partial charge in [-0.3, -0.25) is 9.59 Å². The normalized spacial score (nSPS) is 17.2. The van der Waals surface area contributed by atoms with Crippen LogP contribution in [0.4, 0.5) is 8.78 Å². The van der Waals surface area contributed by atoms with E-state index in [9.17, 15) is 18.4 Å². The summed E-state index contributed by atoms with van der Waals surface area (Å²) in [6.45, 7) is 3.04. The Kier molecular flexibility index (Phi) is 8.43. The first kappa shape index (κ1) is 27.1. The first-order valence-electron chi connectivity index (χ1n) is 13.2. The maximum absolute atomic E-state index is 13.6. The molecule has 0 spiro atoms. The SMILES string of the molecule is O=C(NC1CCN(C2CCN(C(=O)c3ccc(Oc4ccccc4)cc3)CC2)CC1)c1cc(F)c(F)c(Cl)c1. The van der Waals surface area contributed by atoms with Crippen LogP contribution < -0.4 is 10.1 Å². The molecule has 2 aliphatic heterocycles. The average Bonchev–Trinajstić information content (AvgIpc) is 2.97. The zero-order valence-corrected chi connectivity index (χ0v) is 22.2. The summed E-state index contributed by atoms with van der Waals surface area (Å²) in [6, 6.07) is 19.1. The quantitative estimate of drug-likeness (QED) is 0.386. The number of nitrogens with one attached hydrogen (secondary N) is 1. The summed E-state index contributed by atoms with van der Waals surface area (Å²) in [7, 11) is 0. The van der Waals surface area contributed by atoms with Crippen LogP contribution in [-0.2, 0) is 0 Å². The highest BCUT2D eigenvalue weighted by atomic mass is 35.5. The molecule has 3 aromatic rings. The van der Waals surface area contributed by atoms with E-state index in [0.29, 0.717) is 30.4 Å². The molecule has 3 aromatic carbocycles. The summed E-state index contributed by atoms with van der Waals surface area (Å²) in [5.41, 5.74) is 0.657. The zero-order valence-electron chi connectivity index (χ0n) is 21.4. The molecule has 2 saturated heterocycles. The predicted molar refractivity (Wildman–Crippen MR) is 145 cm³/mol. The van der Waals surface area contributed by atoms with Gasteiger partial charge in [0.2, 0.25) is 0 Å². The third kappa shape index (κ3) is 6.57. The summed E-state index contributed by atoms with van der Waals surface area (Å²) < 4.78 is 32.9. The van der Waals surface area contributed by atoms with Crippen LogP contribution in [0.1, 0.15) is 46.4 Å². The van der Waals surface area contributed by atoms with Gasteiger partial charge in [0.25, 0.3) is 11.8 Å². The molecule has 5 rings (SSSR count). The summed E-state index contributed by atoms with van der Waals surface area (Å²) in [5, 5.41) is 2.51. The number of nitrogens with zero attached hydrogens (tertiary/aromatic N) is 2. The molecule has 0 saturated carbocycles. The van der Waals surface area contributed by atoms with Crippen molar-refractivity contribution >= 4 is 23.4 Å². The highest BCUT2D eigenvalue weighted by Crippen LogP contribution is 2.25. The number of hydrogen-bond acceptors (Lipinski definition) is 4. The van der Waals surface area contributed by atoms with E-state index in [1.165, 1.54) is 0 Å². The first-order valence-corrected chi connectivity index (χ1v) is 13.6. The Labute approximate surface area is 231 Å². The molecule has 0 aromatic heterocycles. The van der Waals surface area contributed by atoms with Crippen molar-refractivity contribution in [3.8, 4) is 11.5 Å². The summed E-state index contributed by atoms with van der Waals surface area (Å²) in [5.74, 6) is -1.29. The molecule has 204 valence electrons. The van der Waals surface area contributed by atoms with E-state index in [1.807, 2.05) is 47.4 Å². The van der Waals surface area contributed by atoms with Crippen LogP contribution in [-0.4, -0.2) is 59.9 Å². The summed E-state index contributed by atoms with van der Waals surface area (Å²) in [6.07, 6.45) is 3.32. The van der Waals surface area contributed by atoms with E-state index in [2.05, 4.69) is 10.2 Å². The number of amides is 2. The molecule has 0 atom stereocenters. The fourth-order valence-corrected chi connectivity index (χ4v) is 5.48. The van der Waals surface area contributed by atoms with Crippen molar-refractivity contribution in [3.05, 3.63) is 94.5 Å². The van der Waals surface area contributed by atoms with Crippen molar-refractivity contribution < 1.29 is 23.1 Å². The topological polar surface area (TPSA) is 61.9 Å². The van der Waals surface area contributed by atoms with Gasteiger partial charge in [0, 0.05) is 49.4 Å². The molecule has 0 aliphatic carbocycles. The van der Waals surface area contributed by atoms with E-state index in [1.54, 1.807) is 12.1 Å². The van der Waals surface area contributed by atoms with E-state index < -0.39 is 22.6 Å². The molecule has 2 amide bonds. The Bertz CT molecular complexity index is 1280. The summed E-state index contributed by atoms with van der Waals surface area (Å²) >= 11 is 5.68. The minimum atomic E-state index is -1.15. The maximum atomic E-state index is 13.6. The second-order valence-corrected chi connectivity index (χ2v) is 10.4. The van der Waals surface area contributed by atoms with Crippen LogP contribution >= 0.6 is 11.6 Å². The number of carbonyl (C=O) groups excluding carboxylic acids is 2. The van der Waals surface area contributed by atoms with E-state index in [-0.39, 0.29) is 17.5 Å². The van der Waals surface area contributed by atoms with Crippen LogP contribution in [0.25, 0.3) is 0 Å². The number of piperidine rings is 2. The zero-order chi connectivity index (χ0) is 27.4. The molecule has 0 radical (unpaired) electrons. The minimum Gasteiger partial charge on any atom is -0.457 e. The largest absolute Gasteiger partial charge is 0.457 e. The van der Waals surface area contributed by atoms with Crippen LogP contribution in [0.15, 0.2) is 66.7 Å². The summed E-state index contributed by atoms with van der Waals surface area (Å²) in [4.78, 5) is 29.9. The Hall–Kier alpha value is -3.49. The van der Waals surface area contributed by atoms with Gasteiger partial charge in [-0.2, -0.15) is 0 Å². The van der Waals surface area contributed by atoms with Gasteiger partial charge in [0.15, 0.2) is 11.6 Å². The van der Waals surface area contributed by atoms with Crippen molar-refractivity contribution in [2.75, 3.05) is 26.2 Å². The van der Waals surface area contributed by atoms with Crippen molar-refractivity contribution in [1.82, 2.24) is 15.1 Å². The fourth-order valence-electron chi connectivity index (χ4n) is 5.27. The van der Waals surface area contributed by atoms with Gasteiger partial charge in [-0.25, -0.2) is 8.78 Å². The van der Waals surface area contributed by atoms with E-state index >= 15 is 0 Å². The lowest BCUT2D eigenvalue weighted by atomic mass is 9.97. The van der Waals surface area contributed by atoms with Crippen LogP contribution in [0.5, 0.6) is 11.5 Å². The second kappa shape index (κ2) is 12.1. The lowest BCUT2D eigenvalue weighted by Gasteiger charge is -2.42. The molecular formula is C30H30ClF2N3O3. The molecule has 6 nitrogen and oxygen atoms in total. The predicted octanol–water partition coefficient (Wildman–Crippen LogP) is 5.91. The van der Waals surface area contributed by atoms with Crippen LogP contribution in [0.3, 0.4) is 0 Å². The number of para-hydroxylation sites is 1. The Morgan fingerprint density at radius 1 is 0.821 bits per heavy atom. The lowest BCUT2D eigenvalue weighted by Crippen LogP contribution is -2.51. The minimum absolute atomic E-state index is 0.0109. The van der Waals surface area contributed by atoms with Gasteiger partial charge in [0.1, 0.15) is 11.5 Å². The number of carbonyl (C=O) groups is 2. The highest BCUT2D eigenvalue weighted by Gasteiger charge is 2.30. The molecular weight excluding hydrogens is 524 g/mol. The third-order valence-corrected chi connectivity index (χ3v) is 7.73.